The van der Waals surface area contributed by atoms with Gasteiger partial charge in [-0.3, -0.25) is 4.68 Å². The minimum absolute atomic E-state index is 0.675. The Balaban J connectivity index is 2.57. The Hall–Kier alpha value is -0.760. The minimum Gasteiger partial charge on any atom is -0.267 e. The van der Waals surface area contributed by atoms with E-state index in [0.717, 1.165) is 18.5 Å². The van der Waals surface area contributed by atoms with Crippen molar-refractivity contribution >= 4 is 11.6 Å². The van der Waals surface area contributed by atoms with Crippen LogP contribution in [-0.2, 0) is 6.54 Å². The van der Waals surface area contributed by atoms with E-state index in [4.69, 9.17) is 11.6 Å². The van der Waals surface area contributed by atoms with E-state index < -0.39 is 0 Å². The molecule has 0 aliphatic heterocycles. The van der Waals surface area contributed by atoms with Crippen molar-refractivity contribution in [3.63, 3.8) is 0 Å². The predicted molar refractivity (Wildman–Crippen MR) is 46.7 cm³/mol. The molecule has 0 spiro atoms. The molecule has 60 valence electrons. The van der Waals surface area contributed by atoms with Gasteiger partial charge in [0.15, 0.2) is 0 Å². The third kappa shape index (κ3) is 2.39. The van der Waals surface area contributed by atoms with Gasteiger partial charge in [-0.25, -0.2) is 0 Å². The number of hydrogen-bond donors (Lipinski definition) is 0. The molecule has 1 heterocycles. The van der Waals surface area contributed by atoms with Crippen LogP contribution in [0.4, 0.5) is 0 Å². The highest BCUT2D eigenvalue weighted by atomic mass is 35.5. The molecule has 0 aliphatic carbocycles. The summed E-state index contributed by atoms with van der Waals surface area (Å²) in [5, 5.41) is 4.70. The summed E-state index contributed by atoms with van der Waals surface area (Å²) in [6.07, 6.45) is 4.41. The number of rotatable bonds is 3. The molecule has 0 radical (unpaired) electrons. The second-order valence-corrected chi connectivity index (χ2v) is 2.90. The molecule has 0 fully saturated rings. The molecule has 2 nitrogen and oxygen atoms in total. The number of aromatic nitrogens is 2. The Morgan fingerprint density at radius 3 is 3.00 bits per heavy atom. The van der Waals surface area contributed by atoms with Gasteiger partial charge in [-0.15, -0.1) is 0 Å². The van der Waals surface area contributed by atoms with Crippen LogP contribution in [0.2, 0.25) is 5.02 Å². The second-order valence-electron chi connectivity index (χ2n) is 2.46. The summed E-state index contributed by atoms with van der Waals surface area (Å²) >= 11 is 5.67. The van der Waals surface area contributed by atoms with Crippen molar-refractivity contribution in [1.29, 1.82) is 0 Å². The van der Waals surface area contributed by atoms with E-state index in [9.17, 15) is 0 Å². The molecule has 11 heavy (non-hydrogen) atoms. The molecule has 0 saturated heterocycles. The third-order valence-corrected chi connectivity index (χ3v) is 1.68. The molecule has 1 aromatic heterocycles. The highest BCUT2D eigenvalue weighted by molar-refractivity contribution is 6.30. The van der Waals surface area contributed by atoms with Crippen LogP contribution in [0.15, 0.2) is 24.5 Å². The van der Waals surface area contributed by atoms with Gasteiger partial charge in [0.2, 0.25) is 0 Å². The molecule has 0 unspecified atom stereocenters. The first-order valence-corrected chi connectivity index (χ1v) is 3.94. The van der Waals surface area contributed by atoms with Crippen molar-refractivity contribution in [1.82, 2.24) is 9.78 Å². The van der Waals surface area contributed by atoms with Crippen LogP contribution >= 0.6 is 11.6 Å². The molecule has 0 atom stereocenters. The fourth-order valence-electron chi connectivity index (χ4n) is 0.766. The number of hydrogen-bond acceptors (Lipinski definition) is 1. The molecular weight excluding hydrogens is 160 g/mol. The first-order valence-electron chi connectivity index (χ1n) is 3.57. The molecule has 0 bridgehead atoms. The van der Waals surface area contributed by atoms with Crippen LogP contribution in [0.25, 0.3) is 0 Å². The van der Waals surface area contributed by atoms with Crippen LogP contribution in [0.1, 0.15) is 13.3 Å². The van der Waals surface area contributed by atoms with Crippen molar-refractivity contribution < 1.29 is 0 Å². The number of nitrogens with zero attached hydrogens (tertiary/aromatic N) is 2. The molecular formula is C8H11ClN2. The summed E-state index contributed by atoms with van der Waals surface area (Å²) in [4.78, 5) is 0. The monoisotopic (exact) mass is 170 g/mol. The molecule has 0 saturated carbocycles. The highest BCUT2D eigenvalue weighted by Crippen LogP contribution is 2.07. The summed E-state index contributed by atoms with van der Waals surface area (Å²) in [5.41, 5.74) is 1.16. The summed E-state index contributed by atoms with van der Waals surface area (Å²) in [7, 11) is 0. The Kier molecular flexibility index (Phi) is 2.71. The molecule has 1 aromatic rings. The maximum absolute atomic E-state index is 5.67. The number of allylic oxidation sites excluding steroid dienone is 1. The van der Waals surface area contributed by atoms with Gasteiger partial charge in [-0.1, -0.05) is 30.7 Å². The van der Waals surface area contributed by atoms with Crippen molar-refractivity contribution in [2.24, 2.45) is 0 Å². The van der Waals surface area contributed by atoms with Gasteiger partial charge in [0.25, 0.3) is 0 Å². The second kappa shape index (κ2) is 3.58. The lowest BCUT2D eigenvalue weighted by Crippen LogP contribution is -1.99. The average molecular weight is 171 g/mol. The van der Waals surface area contributed by atoms with Crippen molar-refractivity contribution in [3.8, 4) is 0 Å². The number of halogens is 1. The van der Waals surface area contributed by atoms with Crippen molar-refractivity contribution in [2.45, 2.75) is 19.9 Å². The molecule has 0 amide bonds. The van der Waals surface area contributed by atoms with Crippen LogP contribution in [0.5, 0.6) is 0 Å². The molecule has 1 rings (SSSR count). The lowest BCUT2D eigenvalue weighted by Gasteiger charge is -2.00. The summed E-state index contributed by atoms with van der Waals surface area (Å²) in [5.74, 6) is 0. The SMILES string of the molecule is C=C(CC)Cn1cc(Cl)cn1. The zero-order valence-corrected chi connectivity index (χ0v) is 7.30. The normalized spacial score (nSPS) is 10.0. The van der Waals surface area contributed by atoms with Crippen LogP contribution in [0, 0.1) is 0 Å². The van der Waals surface area contributed by atoms with Crippen molar-refractivity contribution in [3.05, 3.63) is 29.6 Å². The van der Waals surface area contributed by atoms with Crippen molar-refractivity contribution in [2.75, 3.05) is 0 Å². The van der Waals surface area contributed by atoms with Gasteiger partial charge in [0.1, 0.15) is 0 Å². The Labute approximate surface area is 71.5 Å². The molecule has 0 N–H and O–H groups in total. The van der Waals surface area contributed by atoms with Gasteiger partial charge in [-0.2, -0.15) is 5.10 Å². The predicted octanol–water partition coefficient (Wildman–Crippen LogP) is 2.50. The minimum atomic E-state index is 0.675. The van der Waals surface area contributed by atoms with Crippen LogP contribution in [-0.4, -0.2) is 9.78 Å². The molecule has 0 aliphatic rings. The Morgan fingerprint density at radius 2 is 2.55 bits per heavy atom. The third-order valence-electron chi connectivity index (χ3n) is 1.49. The maximum Gasteiger partial charge on any atom is 0.0785 e. The first-order chi connectivity index (χ1) is 5.22. The zero-order valence-electron chi connectivity index (χ0n) is 6.55. The van der Waals surface area contributed by atoms with E-state index >= 15 is 0 Å². The van der Waals surface area contributed by atoms with Gasteiger partial charge >= 0.3 is 0 Å². The molecule has 3 heteroatoms. The van der Waals surface area contributed by atoms with Crippen LogP contribution < -0.4 is 0 Å². The standard InChI is InChI=1S/C8H11ClN2/c1-3-7(2)5-11-6-8(9)4-10-11/h4,6H,2-3,5H2,1H3. The zero-order chi connectivity index (χ0) is 8.27. The fourth-order valence-corrected chi connectivity index (χ4v) is 0.922. The molecule has 0 aromatic carbocycles. The van der Waals surface area contributed by atoms with Gasteiger partial charge in [0.05, 0.1) is 17.8 Å². The Bertz CT molecular complexity index is 252. The topological polar surface area (TPSA) is 17.8 Å². The summed E-state index contributed by atoms with van der Waals surface area (Å²) in [6.45, 7) is 6.72. The Morgan fingerprint density at radius 1 is 1.82 bits per heavy atom. The van der Waals surface area contributed by atoms with E-state index in [0.29, 0.717) is 5.02 Å². The smallest absolute Gasteiger partial charge is 0.0785 e. The van der Waals surface area contributed by atoms with Crippen LogP contribution in [0.3, 0.4) is 0 Å². The van der Waals surface area contributed by atoms with E-state index in [-0.39, 0.29) is 0 Å². The highest BCUT2D eigenvalue weighted by Gasteiger charge is 1.95. The average Bonchev–Trinajstić information content (AvgIpc) is 2.35. The van der Waals surface area contributed by atoms with Gasteiger partial charge in [0, 0.05) is 6.20 Å². The van der Waals surface area contributed by atoms with E-state index in [1.807, 2.05) is 0 Å². The summed E-state index contributed by atoms with van der Waals surface area (Å²) < 4.78 is 1.79. The van der Waals surface area contributed by atoms with E-state index in [1.54, 1.807) is 17.1 Å². The first kappa shape index (κ1) is 8.34. The maximum atomic E-state index is 5.67. The van der Waals surface area contributed by atoms with Gasteiger partial charge in [-0.05, 0) is 6.42 Å². The quantitative estimate of drug-likeness (QED) is 0.638. The lowest BCUT2D eigenvalue weighted by molar-refractivity contribution is 0.664. The fraction of sp³-hybridized carbons (Fsp3) is 0.375. The van der Waals surface area contributed by atoms with E-state index in [2.05, 4.69) is 18.6 Å². The largest absolute Gasteiger partial charge is 0.267 e. The van der Waals surface area contributed by atoms with Gasteiger partial charge < -0.3 is 0 Å². The van der Waals surface area contributed by atoms with E-state index in [1.165, 1.54) is 0 Å². The lowest BCUT2D eigenvalue weighted by atomic mass is 10.2. The summed E-state index contributed by atoms with van der Waals surface area (Å²) in [6, 6.07) is 0.